The second-order valence-electron chi connectivity index (χ2n) is 5.14. The van der Waals surface area contributed by atoms with Gasteiger partial charge in [-0.1, -0.05) is 0 Å². The zero-order valence-corrected chi connectivity index (χ0v) is 12.8. The number of nitrogens with zero attached hydrogens (tertiary/aromatic N) is 3. The number of ether oxygens (including phenoxy) is 1. The molecule has 0 atom stereocenters. The number of anilines is 2. The van der Waals surface area contributed by atoms with Crippen LogP contribution in [-0.4, -0.2) is 28.8 Å². The van der Waals surface area contributed by atoms with E-state index in [1.165, 1.54) is 35.4 Å². The molecule has 2 heterocycles. The lowest BCUT2D eigenvalue weighted by atomic mass is 10.2. The van der Waals surface area contributed by atoms with Gasteiger partial charge in [0.05, 0.1) is 0 Å². The molecule has 0 spiro atoms. The first-order chi connectivity index (χ1) is 11.9. The molecule has 0 saturated carbocycles. The number of carbonyl (C=O) groups is 1. The molecule has 0 bridgehead atoms. The lowest BCUT2D eigenvalue weighted by Gasteiger charge is -2.11. The molecule has 1 amide bonds. The average molecular weight is 350 g/mol. The van der Waals surface area contributed by atoms with E-state index in [1.54, 1.807) is 18.5 Å². The Bertz CT molecular complexity index is 776. The van der Waals surface area contributed by atoms with Gasteiger partial charge in [0.15, 0.2) is 0 Å². The van der Waals surface area contributed by atoms with Gasteiger partial charge in [-0.3, -0.25) is 9.69 Å². The zero-order valence-electron chi connectivity index (χ0n) is 12.8. The van der Waals surface area contributed by atoms with Crippen LogP contribution in [0.3, 0.4) is 0 Å². The van der Waals surface area contributed by atoms with Crippen molar-refractivity contribution in [3.8, 4) is 5.75 Å². The summed E-state index contributed by atoms with van der Waals surface area (Å²) in [5, 5.41) is 2.89. The van der Waals surface area contributed by atoms with Gasteiger partial charge in [0, 0.05) is 36.4 Å². The highest BCUT2D eigenvalue weighted by atomic mass is 19.4. The topological polar surface area (TPSA) is 67.3 Å². The molecule has 1 saturated heterocycles. The third-order valence-corrected chi connectivity index (χ3v) is 3.42. The summed E-state index contributed by atoms with van der Waals surface area (Å²) in [5.41, 5.74) is 1.06. The van der Waals surface area contributed by atoms with Crippen LogP contribution >= 0.6 is 0 Å². The van der Waals surface area contributed by atoms with Crippen molar-refractivity contribution in [3.05, 3.63) is 54.5 Å². The molecule has 130 valence electrons. The molecule has 9 heteroatoms. The molecule has 1 aliphatic rings. The van der Waals surface area contributed by atoms with E-state index in [2.05, 4.69) is 20.0 Å². The molecule has 6 nitrogen and oxygen atoms in total. The molecule has 3 rings (SSSR count). The number of alkyl halides is 3. The van der Waals surface area contributed by atoms with E-state index in [9.17, 15) is 18.0 Å². The van der Waals surface area contributed by atoms with Crippen molar-refractivity contribution in [2.75, 3.05) is 16.8 Å². The third-order valence-electron chi connectivity index (χ3n) is 3.42. The summed E-state index contributed by atoms with van der Waals surface area (Å²) in [6.45, 7) is 0.467. The van der Waals surface area contributed by atoms with Crippen LogP contribution in [0.15, 0.2) is 54.5 Å². The minimum absolute atomic E-state index is 0.212. The summed E-state index contributed by atoms with van der Waals surface area (Å²) in [6, 6.07) is 6.89. The zero-order chi connectivity index (χ0) is 17.9. The number of aromatic nitrogens is 2. The van der Waals surface area contributed by atoms with Gasteiger partial charge in [-0.05, 0) is 36.8 Å². The highest BCUT2D eigenvalue weighted by Gasteiger charge is 2.31. The van der Waals surface area contributed by atoms with E-state index in [0.717, 1.165) is 0 Å². The minimum atomic E-state index is -4.73. The fourth-order valence-corrected chi connectivity index (χ4v) is 2.29. The molecule has 1 aliphatic heterocycles. The smallest absolute Gasteiger partial charge is 0.406 e. The first kappa shape index (κ1) is 16.7. The number of amides is 1. The van der Waals surface area contributed by atoms with Crippen LogP contribution in [0, 0.1) is 0 Å². The molecule has 2 aromatic rings. The predicted octanol–water partition coefficient (Wildman–Crippen LogP) is 3.11. The summed E-state index contributed by atoms with van der Waals surface area (Å²) in [7, 11) is 0. The molecule has 0 aliphatic carbocycles. The van der Waals surface area contributed by atoms with Crippen molar-refractivity contribution < 1.29 is 22.7 Å². The van der Waals surface area contributed by atoms with E-state index in [-0.39, 0.29) is 11.7 Å². The Hall–Kier alpha value is -3.10. The van der Waals surface area contributed by atoms with E-state index in [0.29, 0.717) is 30.2 Å². The second-order valence-corrected chi connectivity index (χ2v) is 5.14. The van der Waals surface area contributed by atoms with Crippen LogP contribution in [0.25, 0.3) is 0 Å². The standard InChI is InChI=1S/C16H13F3N4O2/c17-16(18,19)25-13-4-2-12(3-5-13)22-10-11-6-9-23(14(11)24)15-20-7-1-8-21-15/h1-5,7-8,10,22H,6,9H2/b11-10+. The Labute approximate surface area is 141 Å². The van der Waals surface area contributed by atoms with Crippen molar-refractivity contribution in [2.24, 2.45) is 0 Å². The van der Waals surface area contributed by atoms with Crippen LogP contribution in [0.1, 0.15) is 6.42 Å². The van der Waals surface area contributed by atoms with E-state index in [4.69, 9.17) is 0 Å². The SMILES string of the molecule is O=C1/C(=C/Nc2ccc(OC(F)(F)F)cc2)CCN1c1ncccn1. The summed E-state index contributed by atoms with van der Waals surface area (Å²) in [5.74, 6) is -0.185. The summed E-state index contributed by atoms with van der Waals surface area (Å²) in [6.07, 6.45) is 0.431. The van der Waals surface area contributed by atoms with Crippen LogP contribution in [-0.2, 0) is 4.79 Å². The van der Waals surface area contributed by atoms with E-state index >= 15 is 0 Å². The molecular weight excluding hydrogens is 337 g/mol. The van der Waals surface area contributed by atoms with Crippen LogP contribution in [0.5, 0.6) is 5.75 Å². The predicted molar refractivity (Wildman–Crippen MR) is 83.8 cm³/mol. The number of hydrogen-bond donors (Lipinski definition) is 1. The fraction of sp³-hybridized carbons (Fsp3) is 0.188. The largest absolute Gasteiger partial charge is 0.573 e. The van der Waals surface area contributed by atoms with Crippen molar-refractivity contribution in [1.82, 2.24) is 9.97 Å². The molecular formula is C16H13F3N4O2. The molecule has 0 unspecified atom stereocenters. The Balaban J connectivity index is 1.64. The number of nitrogens with one attached hydrogen (secondary N) is 1. The van der Waals surface area contributed by atoms with Gasteiger partial charge in [0.2, 0.25) is 5.95 Å². The number of rotatable bonds is 4. The monoisotopic (exact) mass is 350 g/mol. The molecule has 0 radical (unpaired) electrons. The quantitative estimate of drug-likeness (QED) is 0.859. The number of hydrogen-bond acceptors (Lipinski definition) is 5. The highest BCUT2D eigenvalue weighted by Crippen LogP contribution is 2.25. The first-order valence-electron chi connectivity index (χ1n) is 7.33. The van der Waals surface area contributed by atoms with E-state index in [1.807, 2.05) is 0 Å². The van der Waals surface area contributed by atoms with Gasteiger partial charge in [-0.2, -0.15) is 0 Å². The van der Waals surface area contributed by atoms with Crippen LogP contribution in [0.2, 0.25) is 0 Å². The van der Waals surface area contributed by atoms with Crippen molar-refractivity contribution in [2.45, 2.75) is 12.8 Å². The van der Waals surface area contributed by atoms with Gasteiger partial charge in [-0.25, -0.2) is 9.97 Å². The normalized spacial score (nSPS) is 16.4. The fourth-order valence-electron chi connectivity index (χ4n) is 2.29. The molecule has 1 aromatic carbocycles. The van der Waals surface area contributed by atoms with Gasteiger partial charge in [0.25, 0.3) is 5.91 Å². The molecule has 1 fully saturated rings. The second kappa shape index (κ2) is 6.80. The number of benzene rings is 1. The number of halogens is 3. The maximum atomic E-state index is 12.3. The first-order valence-corrected chi connectivity index (χ1v) is 7.33. The van der Waals surface area contributed by atoms with Crippen LogP contribution in [0.4, 0.5) is 24.8 Å². The lowest BCUT2D eigenvalue weighted by Crippen LogP contribution is -2.26. The Morgan fingerprint density at radius 2 is 1.84 bits per heavy atom. The Morgan fingerprint density at radius 3 is 2.48 bits per heavy atom. The molecule has 1 aromatic heterocycles. The average Bonchev–Trinajstić information content (AvgIpc) is 2.94. The van der Waals surface area contributed by atoms with Gasteiger partial charge in [0.1, 0.15) is 5.75 Å². The van der Waals surface area contributed by atoms with E-state index < -0.39 is 6.36 Å². The van der Waals surface area contributed by atoms with Crippen molar-refractivity contribution in [3.63, 3.8) is 0 Å². The minimum Gasteiger partial charge on any atom is -0.406 e. The highest BCUT2D eigenvalue weighted by molar-refractivity contribution is 6.07. The molecule has 25 heavy (non-hydrogen) atoms. The maximum absolute atomic E-state index is 12.3. The summed E-state index contributed by atoms with van der Waals surface area (Å²) >= 11 is 0. The summed E-state index contributed by atoms with van der Waals surface area (Å²) < 4.78 is 40.1. The van der Waals surface area contributed by atoms with Gasteiger partial charge < -0.3 is 10.1 Å². The maximum Gasteiger partial charge on any atom is 0.573 e. The Morgan fingerprint density at radius 1 is 1.16 bits per heavy atom. The van der Waals surface area contributed by atoms with Crippen LogP contribution < -0.4 is 15.0 Å². The molecule has 1 N–H and O–H groups in total. The number of carbonyl (C=O) groups excluding carboxylic acids is 1. The third kappa shape index (κ3) is 4.25. The summed E-state index contributed by atoms with van der Waals surface area (Å²) in [4.78, 5) is 21.9. The lowest BCUT2D eigenvalue weighted by molar-refractivity contribution is -0.274. The van der Waals surface area contributed by atoms with Crippen molar-refractivity contribution >= 4 is 17.5 Å². The Kier molecular flexibility index (Phi) is 4.55. The van der Waals surface area contributed by atoms with Gasteiger partial charge in [-0.15, -0.1) is 13.2 Å². The van der Waals surface area contributed by atoms with Gasteiger partial charge >= 0.3 is 6.36 Å². The van der Waals surface area contributed by atoms with Crippen molar-refractivity contribution in [1.29, 1.82) is 0 Å².